The maximum absolute atomic E-state index is 11.8. The summed E-state index contributed by atoms with van der Waals surface area (Å²) in [4.78, 5) is 23.2. The predicted octanol–water partition coefficient (Wildman–Crippen LogP) is 3.31. The fourth-order valence-corrected chi connectivity index (χ4v) is 3.14. The molecule has 1 saturated heterocycles. The molecule has 1 aliphatic heterocycles. The van der Waals surface area contributed by atoms with E-state index in [4.69, 9.17) is 4.74 Å². The molecule has 21 heavy (non-hydrogen) atoms. The number of methoxy groups -OCH3 is 1. The van der Waals surface area contributed by atoms with Crippen LogP contribution in [0.25, 0.3) is 0 Å². The van der Waals surface area contributed by atoms with Crippen LogP contribution in [-0.2, 0) is 14.3 Å². The summed E-state index contributed by atoms with van der Waals surface area (Å²) in [5, 5.41) is 2.65. The van der Waals surface area contributed by atoms with E-state index in [2.05, 4.69) is 10.1 Å². The molecule has 1 amide bonds. The van der Waals surface area contributed by atoms with Crippen molar-refractivity contribution in [2.45, 2.75) is 78.6 Å². The number of hydrogen-bond acceptors (Lipinski definition) is 4. The van der Waals surface area contributed by atoms with Crippen LogP contribution in [0.2, 0.25) is 0 Å². The second-order valence-corrected chi connectivity index (χ2v) is 6.51. The lowest BCUT2D eigenvalue weighted by Crippen LogP contribution is -2.54. The molecule has 0 saturated carbocycles. The number of Topliss-reactive ketones (excluding diaryl/α,β-unsaturated/α-hetero) is 1. The van der Waals surface area contributed by atoms with E-state index in [0.29, 0.717) is 0 Å². The number of rotatable bonds is 3. The van der Waals surface area contributed by atoms with Crippen LogP contribution in [0.15, 0.2) is 0 Å². The Kier molecular flexibility index (Phi) is 7.37. The average molecular weight is 301 g/mol. The first-order chi connectivity index (χ1) is 9.56. The van der Waals surface area contributed by atoms with Gasteiger partial charge in [0.05, 0.1) is 24.4 Å². The Labute approximate surface area is 128 Å². The molecule has 1 fully saturated rings. The molecule has 0 aromatic rings. The second-order valence-electron chi connectivity index (χ2n) is 6.51. The number of nitrogens with one attached hydrogen (secondary N) is 1. The molecule has 0 radical (unpaired) electrons. The molecular formula is C16H31NO4. The van der Waals surface area contributed by atoms with Crippen molar-refractivity contribution in [1.29, 1.82) is 0 Å². The van der Waals surface area contributed by atoms with Gasteiger partial charge in [-0.25, -0.2) is 4.79 Å². The molecule has 5 heteroatoms. The lowest BCUT2D eigenvalue weighted by Gasteiger charge is -2.47. The smallest absolute Gasteiger partial charge is 0.407 e. The van der Waals surface area contributed by atoms with Gasteiger partial charge >= 0.3 is 6.09 Å². The van der Waals surface area contributed by atoms with Crippen LogP contribution in [0.5, 0.6) is 0 Å². The standard InChI is InChI=1S/C14H25NO4.C2H6/c1-9(16)11(15-12(17)18-6)10-7-13(2,3)19-14(4,5)8-10;1-2/h10-11H,7-8H2,1-6H3,(H,15,17);1-2H3. The Morgan fingerprint density at radius 2 is 1.57 bits per heavy atom. The number of alkyl carbamates (subject to hydrolysis) is 1. The van der Waals surface area contributed by atoms with E-state index in [1.165, 1.54) is 14.0 Å². The summed E-state index contributed by atoms with van der Waals surface area (Å²) < 4.78 is 10.6. The lowest BCUT2D eigenvalue weighted by atomic mass is 9.76. The van der Waals surface area contributed by atoms with Gasteiger partial charge < -0.3 is 14.8 Å². The van der Waals surface area contributed by atoms with Crippen molar-refractivity contribution in [2.75, 3.05) is 7.11 Å². The molecule has 124 valence electrons. The monoisotopic (exact) mass is 301 g/mol. The number of carbonyl (C=O) groups is 2. The minimum Gasteiger partial charge on any atom is -0.453 e. The van der Waals surface area contributed by atoms with Gasteiger partial charge in [0.15, 0.2) is 5.78 Å². The Balaban J connectivity index is 0.00000191. The first-order valence-electron chi connectivity index (χ1n) is 7.61. The van der Waals surface area contributed by atoms with E-state index in [-0.39, 0.29) is 22.9 Å². The molecule has 0 aliphatic carbocycles. The maximum Gasteiger partial charge on any atom is 0.407 e. The number of ether oxygens (including phenoxy) is 2. The summed E-state index contributed by atoms with van der Waals surface area (Å²) in [5.74, 6) is -0.000694. The first kappa shape index (κ1) is 19.9. The quantitative estimate of drug-likeness (QED) is 0.868. The average Bonchev–Trinajstić information content (AvgIpc) is 2.33. The van der Waals surface area contributed by atoms with E-state index < -0.39 is 12.1 Å². The summed E-state index contributed by atoms with van der Waals surface area (Å²) in [6.45, 7) is 13.5. The Hall–Kier alpha value is -1.10. The fraction of sp³-hybridized carbons (Fsp3) is 0.875. The molecular weight excluding hydrogens is 270 g/mol. The van der Waals surface area contributed by atoms with Crippen molar-refractivity contribution in [3.63, 3.8) is 0 Å². The van der Waals surface area contributed by atoms with Crippen LogP contribution >= 0.6 is 0 Å². The summed E-state index contributed by atoms with van der Waals surface area (Å²) in [5.41, 5.74) is -0.615. The number of ketones is 1. The van der Waals surface area contributed by atoms with Crippen LogP contribution in [0.3, 0.4) is 0 Å². The molecule has 0 spiro atoms. The van der Waals surface area contributed by atoms with Gasteiger partial charge in [0.2, 0.25) is 0 Å². The molecule has 5 nitrogen and oxygen atoms in total. The Morgan fingerprint density at radius 3 is 1.90 bits per heavy atom. The van der Waals surface area contributed by atoms with E-state index in [1.807, 2.05) is 41.5 Å². The minimum absolute atomic E-state index is 0.0512. The number of hydrogen-bond donors (Lipinski definition) is 1. The first-order valence-corrected chi connectivity index (χ1v) is 7.61. The highest BCUT2D eigenvalue weighted by Gasteiger charge is 2.43. The van der Waals surface area contributed by atoms with Crippen molar-refractivity contribution in [3.8, 4) is 0 Å². The Morgan fingerprint density at radius 1 is 1.14 bits per heavy atom. The molecule has 1 unspecified atom stereocenters. The molecule has 1 rings (SSSR count). The normalized spacial score (nSPS) is 21.5. The largest absolute Gasteiger partial charge is 0.453 e. The van der Waals surface area contributed by atoms with Gasteiger partial charge in [0.25, 0.3) is 0 Å². The van der Waals surface area contributed by atoms with E-state index in [9.17, 15) is 9.59 Å². The molecule has 1 atom stereocenters. The van der Waals surface area contributed by atoms with Gasteiger partial charge in [0, 0.05) is 0 Å². The third-order valence-corrected chi connectivity index (χ3v) is 3.43. The van der Waals surface area contributed by atoms with Gasteiger partial charge in [0.1, 0.15) is 0 Å². The van der Waals surface area contributed by atoms with Gasteiger partial charge in [-0.2, -0.15) is 0 Å². The zero-order valence-corrected chi connectivity index (χ0v) is 14.7. The molecule has 1 N–H and O–H groups in total. The summed E-state index contributed by atoms with van der Waals surface area (Å²) in [6.07, 6.45) is 0.886. The summed E-state index contributed by atoms with van der Waals surface area (Å²) in [7, 11) is 1.30. The van der Waals surface area contributed by atoms with Crippen LogP contribution < -0.4 is 5.32 Å². The maximum atomic E-state index is 11.8. The van der Waals surface area contributed by atoms with Crippen LogP contribution in [-0.4, -0.2) is 36.2 Å². The highest BCUT2D eigenvalue weighted by Crippen LogP contribution is 2.39. The fourth-order valence-electron chi connectivity index (χ4n) is 3.14. The van der Waals surface area contributed by atoms with E-state index >= 15 is 0 Å². The second kappa shape index (κ2) is 7.78. The van der Waals surface area contributed by atoms with Gasteiger partial charge in [-0.1, -0.05) is 13.8 Å². The Bertz CT molecular complexity index is 347. The number of amides is 1. The topological polar surface area (TPSA) is 64.6 Å². The summed E-state index contributed by atoms with van der Waals surface area (Å²) in [6, 6.07) is -0.519. The van der Waals surface area contributed by atoms with Gasteiger partial charge in [-0.05, 0) is 53.4 Å². The van der Waals surface area contributed by atoms with E-state index in [0.717, 1.165) is 12.8 Å². The van der Waals surface area contributed by atoms with Crippen molar-refractivity contribution in [3.05, 3.63) is 0 Å². The zero-order chi connectivity index (χ0) is 16.8. The van der Waals surface area contributed by atoms with Crippen LogP contribution in [0.1, 0.15) is 61.3 Å². The lowest BCUT2D eigenvalue weighted by molar-refractivity contribution is -0.176. The summed E-state index contributed by atoms with van der Waals surface area (Å²) >= 11 is 0. The molecule has 0 bridgehead atoms. The molecule has 1 aliphatic rings. The highest BCUT2D eigenvalue weighted by atomic mass is 16.5. The van der Waals surface area contributed by atoms with Crippen LogP contribution in [0.4, 0.5) is 4.79 Å². The van der Waals surface area contributed by atoms with Gasteiger partial charge in [-0.15, -0.1) is 0 Å². The minimum atomic E-state index is -0.567. The SMILES string of the molecule is CC.COC(=O)NC(C(C)=O)C1CC(C)(C)OC(C)(C)C1. The molecule has 0 aromatic carbocycles. The third-order valence-electron chi connectivity index (χ3n) is 3.43. The highest BCUT2D eigenvalue weighted by molar-refractivity contribution is 5.85. The van der Waals surface area contributed by atoms with Crippen LogP contribution in [0, 0.1) is 5.92 Å². The third kappa shape index (κ3) is 6.46. The van der Waals surface area contributed by atoms with Crippen molar-refractivity contribution in [1.82, 2.24) is 5.32 Å². The molecule has 0 aromatic heterocycles. The predicted molar refractivity (Wildman–Crippen MR) is 83.3 cm³/mol. The van der Waals surface area contributed by atoms with Crippen molar-refractivity contribution in [2.24, 2.45) is 5.92 Å². The molecule has 1 heterocycles. The number of carbonyl (C=O) groups excluding carboxylic acids is 2. The van der Waals surface area contributed by atoms with E-state index in [1.54, 1.807) is 0 Å². The van der Waals surface area contributed by atoms with Gasteiger partial charge in [-0.3, -0.25) is 4.79 Å². The van der Waals surface area contributed by atoms with Crippen molar-refractivity contribution < 1.29 is 19.1 Å². The van der Waals surface area contributed by atoms with Crippen molar-refractivity contribution >= 4 is 11.9 Å². The zero-order valence-electron chi connectivity index (χ0n) is 14.7.